The summed E-state index contributed by atoms with van der Waals surface area (Å²) in [6.07, 6.45) is 0.199. The van der Waals surface area contributed by atoms with Crippen LogP contribution in [0.2, 0.25) is 5.02 Å². The number of hydrogen-bond acceptors (Lipinski definition) is 7. The molecule has 1 atom stereocenters. The van der Waals surface area contributed by atoms with E-state index in [-0.39, 0.29) is 16.6 Å². The molecule has 0 spiro atoms. The number of hydrogen-bond donors (Lipinski definition) is 2. The number of fused-ring (bicyclic) bond motifs is 1. The number of anilines is 1. The Kier molecular flexibility index (Phi) is 4.62. The molecular formula is C17H13ClN6O4. The molecule has 1 amide bonds. The maximum absolute atomic E-state index is 11.5. The molecule has 3 aromatic rings. The van der Waals surface area contributed by atoms with Gasteiger partial charge in [-0.1, -0.05) is 11.6 Å². The molecule has 1 unspecified atom stereocenters. The van der Waals surface area contributed by atoms with E-state index in [4.69, 9.17) is 16.3 Å². The SMILES string of the molecule is O=C1CCc2cc(OC(c3nnn[nH]3)c3ccc([N+](=O)[O-])cc3Cl)ccc2N1. The van der Waals surface area contributed by atoms with E-state index < -0.39 is 11.0 Å². The number of benzene rings is 2. The summed E-state index contributed by atoms with van der Waals surface area (Å²) in [6, 6.07) is 9.38. The van der Waals surface area contributed by atoms with Crippen molar-refractivity contribution in [3.63, 3.8) is 0 Å². The number of nitro groups is 1. The molecule has 10 nitrogen and oxygen atoms in total. The number of ether oxygens (including phenoxy) is 1. The lowest BCUT2D eigenvalue weighted by Gasteiger charge is -2.21. The molecule has 0 saturated carbocycles. The van der Waals surface area contributed by atoms with Gasteiger partial charge in [-0.3, -0.25) is 14.9 Å². The predicted octanol–water partition coefficient (Wildman–Crippen LogP) is 2.81. The first-order chi connectivity index (χ1) is 13.5. The first-order valence-electron chi connectivity index (χ1n) is 8.28. The van der Waals surface area contributed by atoms with Gasteiger partial charge in [0.1, 0.15) is 5.75 Å². The van der Waals surface area contributed by atoms with Crippen LogP contribution >= 0.6 is 11.6 Å². The highest BCUT2D eigenvalue weighted by atomic mass is 35.5. The topological polar surface area (TPSA) is 136 Å². The lowest BCUT2D eigenvalue weighted by atomic mass is 10.0. The van der Waals surface area contributed by atoms with E-state index in [0.717, 1.165) is 11.3 Å². The Hall–Kier alpha value is -3.53. The molecule has 1 aliphatic rings. The Morgan fingerprint density at radius 3 is 2.79 bits per heavy atom. The van der Waals surface area contributed by atoms with Crippen molar-refractivity contribution in [3.05, 3.63) is 68.5 Å². The Morgan fingerprint density at radius 2 is 2.07 bits per heavy atom. The van der Waals surface area contributed by atoms with E-state index in [1.165, 1.54) is 18.2 Å². The number of nitro benzene ring substituents is 1. The molecule has 1 aromatic heterocycles. The van der Waals surface area contributed by atoms with E-state index in [1.807, 2.05) is 6.07 Å². The minimum absolute atomic E-state index is 0.0237. The van der Waals surface area contributed by atoms with Crippen LogP contribution in [0.5, 0.6) is 5.75 Å². The molecular weight excluding hydrogens is 388 g/mol. The van der Waals surface area contributed by atoms with E-state index in [1.54, 1.807) is 12.1 Å². The minimum Gasteiger partial charge on any atom is -0.478 e. The van der Waals surface area contributed by atoms with Crippen molar-refractivity contribution in [1.82, 2.24) is 20.6 Å². The van der Waals surface area contributed by atoms with Gasteiger partial charge in [0.05, 0.1) is 9.95 Å². The molecule has 0 fully saturated rings. The van der Waals surface area contributed by atoms with Gasteiger partial charge < -0.3 is 10.1 Å². The molecule has 142 valence electrons. The number of H-pyrrole nitrogens is 1. The fourth-order valence-corrected chi connectivity index (χ4v) is 3.23. The number of amides is 1. The highest BCUT2D eigenvalue weighted by Gasteiger charge is 2.25. The van der Waals surface area contributed by atoms with Crippen LogP contribution in [0.25, 0.3) is 0 Å². The third-order valence-corrected chi connectivity index (χ3v) is 4.64. The maximum Gasteiger partial charge on any atom is 0.270 e. The number of nitrogens with zero attached hydrogens (tertiary/aromatic N) is 4. The van der Waals surface area contributed by atoms with Crippen LogP contribution in [-0.4, -0.2) is 31.5 Å². The first kappa shape index (κ1) is 17.9. The number of aromatic amines is 1. The lowest BCUT2D eigenvalue weighted by Crippen LogP contribution is -2.19. The van der Waals surface area contributed by atoms with E-state index in [0.29, 0.717) is 30.0 Å². The van der Waals surface area contributed by atoms with Gasteiger partial charge in [0.25, 0.3) is 5.69 Å². The zero-order valence-corrected chi connectivity index (χ0v) is 15.0. The van der Waals surface area contributed by atoms with Gasteiger partial charge in [0, 0.05) is 29.8 Å². The van der Waals surface area contributed by atoms with Crippen molar-refractivity contribution >= 4 is 28.9 Å². The monoisotopic (exact) mass is 400 g/mol. The van der Waals surface area contributed by atoms with Gasteiger partial charge >= 0.3 is 0 Å². The molecule has 4 rings (SSSR count). The molecule has 0 bridgehead atoms. The van der Waals surface area contributed by atoms with Crippen LogP contribution in [0, 0.1) is 10.1 Å². The van der Waals surface area contributed by atoms with Gasteiger partial charge in [0.2, 0.25) is 5.91 Å². The van der Waals surface area contributed by atoms with Gasteiger partial charge in [-0.2, -0.15) is 0 Å². The fourth-order valence-electron chi connectivity index (χ4n) is 2.96. The Balaban J connectivity index is 1.69. The third kappa shape index (κ3) is 3.49. The molecule has 0 saturated heterocycles. The van der Waals surface area contributed by atoms with Gasteiger partial charge in [-0.15, -0.1) is 5.10 Å². The zero-order chi connectivity index (χ0) is 19.7. The van der Waals surface area contributed by atoms with Crippen molar-refractivity contribution < 1.29 is 14.5 Å². The number of nitrogens with one attached hydrogen (secondary N) is 2. The Labute approximate surface area is 163 Å². The fraction of sp³-hybridized carbons (Fsp3) is 0.176. The van der Waals surface area contributed by atoms with Gasteiger partial charge in [-0.05, 0) is 46.7 Å². The molecule has 0 radical (unpaired) electrons. The van der Waals surface area contributed by atoms with Crippen LogP contribution in [0.4, 0.5) is 11.4 Å². The molecule has 2 N–H and O–H groups in total. The third-order valence-electron chi connectivity index (χ3n) is 4.31. The summed E-state index contributed by atoms with van der Waals surface area (Å²) in [7, 11) is 0. The van der Waals surface area contributed by atoms with E-state index in [2.05, 4.69) is 25.9 Å². The minimum atomic E-state index is -0.806. The summed E-state index contributed by atoms with van der Waals surface area (Å²) in [5.74, 6) is 0.789. The zero-order valence-electron chi connectivity index (χ0n) is 14.3. The lowest BCUT2D eigenvalue weighted by molar-refractivity contribution is -0.384. The second-order valence-electron chi connectivity index (χ2n) is 6.11. The van der Waals surface area contributed by atoms with Crippen LogP contribution in [0.15, 0.2) is 36.4 Å². The predicted molar refractivity (Wildman–Crippen MR) is 98.1 cm³/mol. The van der Waals surface area contributed by atoms with Crippen molar-refractivity contribution in [2.24, 2.45) is 0 Å². The molecule has 0 aliphatic carbocycles. The number of aromatic nitrogens is 4. The molecule has 2 heterocycles. The van der Waals surface area contributed by atoms with Gasteiger partial charge in [0.15, 0.2) is 11.9 Å². The number of halogens is 1. The first-order valence-corrected chi connectivity index (χ1v) is 8.66. The molecule has 28 heavy (non-hydrogen) atoms. The van der Waals surface area contributed by atoms with E-state index in [9.17, 15) is 14.9 Å². The Morgan fingerprint density at radius 1 is 1.21 bits per heavy atom. The standard InChI is InChI=1S/C17H13ClN6O4/c18-13-8-10(24(26)27)2-4-12(13)16(17-20-22-23-21-17)28-11-3-5-14-9(7-11)1-6-15(25)19-14/h2-5,7-8,16H,1,6H2,(H,19,25)(H,20,21,22,23). The van der Waals surface area contributed by atoms with E-state index >= 15 is 0 Å². The van der Waals surface area contributed by atoms with Crippen LogP contribution in [0.1, 0.15) is 29.5 Å². The summed E-state index contributed by atoms with van der Waals surface area (Å²) in [5, 5.41) is 27.6. The summed E-state index contributed by atoms with van der Waals surface area (Å²) < 4.78 is 6.08. The average Bonchev–Trinajstić information content (AvgIpc) is 3.21. The number of carbonyl (C=O) groups excluding carboxylic acids is 1. The summed E-state index contributed by atoms with van der Waals surface area (Å²) in [4.78, 5) is 21.9. The maximum atomic E-state index is 11.5. The van der Waals surface area contributed by atoms with Crippen LogP contribution in [0.3, 0.4) is 0 Å². The summed E-state index contributed by atoms with van der Waals surface area (Å²) in [5.41, 5.74) is 2.03. The second kappa shape index (κ2) is 7.24. The van der Waals surface area contributed by atoms with Crippen LogP contribution in [-0.2, 0) is 11.2 Å². The van der Waals surface area contributed by atoms with Crippen molar-refractivity contribution in [3.8, 4) is 5.75 Å². The molecule has 11 heteroatoms. The number of tetrazole rings is 1. The highest BCUT2D eigenvalue weighted by molar-refractivity contribution is 6.31. The molecule has 1 aliphatic heterocycles. The van der Waals surface area contributed by atoms with Gasteiger partial charge in [-0.25, -0.2) is 5.10 Å². The quantitative estimate of drug-likeness (QED) is 0.496. The summed E-state index contributed by atoms with van der Waals surface area (Å²) >= 11 is 6.27. The van der Waals surface area contributed by atoms with Crippen molar-refractivity contribution in [1.29, 1.82) is 0 Å². The number of rotatable bonds is 5. The average molecular weight is 401 g/mol. The number of aryl methyl sites for hydroxylation is 1. The summed E-state index contributed by atoms with van der Waals surface area (Å²) in [6.45, 7) is 0. The number of carbonyl (C=O) groups is 1. The van der Waals surface area contributed by atoms with Crippen LogP contribution < -0.4 is 10.1 Å². The number of non-ortho nitro benzene ring substituents is 1. The smallest absolute Gasteiger partial charge is 0.270 e. The molecule has 2 aromatic carbocycles. The second-order valence-corrected chi connectivity index (χ2v) is 6.52. The normalized spacial score (nSPS) is 14.1. The largest absolute Gasteiger partial charge is 0.478 e. The van der Waals surface area contributed by atoms with Crippen molar-refractivity contribution in [2.75, 3.05) is 5.32 Å². The Bertz CT molecular complexity index is 1060. The highest BCUT2D eigenvalue weighted by Crippen LogP contribution is 2.35. The van der Waals surface area contributed by atoms with Crippen molar-refractivity contribution in [2.45, 2.75) is 18.9 Å².